The monoisotopic (exact) mass is 467 g/mol. The number of phosphoric ester groups is 1. The lowest BCUT2D eigenvalue weighted by atomic mass is 10.1. The molecule has 0 radical (unpaired) electrons. The van der Waals surface area contributed by atoms with Crippen molar-refractivity contribution in [1.82, 2.24) is 5.32 Å². The van der Waals surface area contributed by atoms with Crippen LogP contribution in [-0.4, -0.2) is 75.4 Å². The van der Waals surface area contributed by atoms with Gasteiger partial charge in [0.2, 0.25) is 5.91 Å². The van der Waals surface area contributed by atoms with E-state index in [2.05, 4.69) is 12.2 Å². The van der Waals surface area contributed by atoms with Crippen molar-refractivity contribution < 1.29 is 32.5 Å². The summed E-state index contributed by atoms with van der Waals surface area (Å²) in [5, 5.41) is 2.61. The molecule has 8 nitrogen and oxygen atoms in total. The Balaban J connectivity index is 4.04. The summed E-state index contributed by atoms with van der Waals surface area (Å²) < 4.78 is 28.8. The van der Waals surface area contributed by atoms with Crippen LogP contribution in [0.1, 0.15) is 78.1 Å². The molecule has 0 aromatic rings. The van der Waals surface area contributed by atoms with Crippen LogP contribution in [0.5, 0.6) is 0 Å². The third kappa shape index (κ3) is 22.5. The highest BCUT2D eigenvalue weighted by atomic mass is 31.2. The van der Waals surface area contributed by atoms with Crippen LogP contribution in [0.2, 0.25) is 0 Å². The molecule has 0 saturated carbocycles. The van der Waals surface area contributed by atoms with Crippen molar-refractivity contribution in [3.05, 3.63) is 0 Å². The van der Waals surface area contributed by atoms with E-state index in [9.17, 15) is 14.3 Å². The maximum absolute atomic E-state index is 12.2. The fraction of sp³-hybridized carbons (Fsp3) is 0.955. The van der Waals surface area contributed by atoms with Gasteiger partial charge in [0.05, 0.1) is 27.7 Å². The van der Waals surface area contributed by atoms with Crippen LogP contribution >= 0.6 is 7.82 Å². The Labute approximate surface area is 190 Å². The Hall–Kier alpha value is -0.500. The normalized spacial score (nSPS) is 14.9. The number of ether oxygens (including phenoxy) is 1. The van der Waals surface area contributed by atoms with Gasteiger partial charge in [0, 0.05) is 20.1 Å². The fourth-order valence-corrected chi connectivity index (χ4v) is 3.82. The summed E-state index contributed by atoms with van der Waals surface area (Å²) in [5.74, 6) is -0.234. The largest absolute Gasteiger partial charge is 0.472 e. The van der Waals surface area contributed by atoms with Gasteiger partial charge in [-0.05, 0) is 6.42 Å². The highest BCUT2D eigenvalue weighted by Crippen LogP contribution is 2.44. The van der Waals surface area contributed by atoms with Crippen LogP contribution in [0.25, 0.3) is 0 Å². The summed E-state index contributed by atoms with van der Waals surface area (Å²) in [6, 6.07) is 0. The third-order valence-electron chi connectivity index (χ3n) is 4.82. The Morgan fingerprint density at radius 3 is 2.03 bits per heavy atom. The van der Waals surface area contributed by atoms with Crippen LogP contribution < -0.4 is 5.32 Å². The third-order valence-corrected chi connectivity index (χ3v) is 5.90. The SMILES string of the molecule is CCCCCCCCCCCCOCC(CNC(C)=O)OP(=O)(O)OCC[N+](C)(C)C. The van der Waals surface area contributed by atoms with Crippen LogP contribution in [-0.2, 0) is 23.1 Å². The Morgan fingerprint density at radius 2 is 1.52 bits per heavy atom. The highest BCUT2D eigenvalue weighted by Gasteiger charge is 2.28. The van der Waals surface area contributed by atoms with Gasteiger partial charge in [0.25, 0.3) is 0 Å². The van der Waals surface area contributed by atoms with Crippen molar-refractivity contribution in [2.75, 3.05) is 54.1 Å². The summed E-state index contributed by atoms with van der Waals surface area (Å²) in [5.41, 5.74) is 0. The minimum Gasteiger partial charge on any atom is -0.379 e. The Kier molecular flexibility index (Phi) is 17.7. The van der Waals surface area contributed by atoms with Crippen LogP contribution in [0.15, 0.2) is 0 Å². The van der Waals surface area contributed by atoms with E-state index >= 15 is 0 Å². The number of carbonyl (C=O) groups excluding carboxylic acids is 1. The molecule has 0 rings (SSSR count). The zero-order chi connectivity index (χ0) is 23.6. The molecule has 0 bridgehead atoms. The fourth-order valence-electron chi connectivity index (χ4n) is 2.94. The first kappa shape index (κ1) is 30.5. The molecule has 9 heteroatoms. The average Bonchev–Trinajstić information content (AvgIpc) is 2.65. The molecule has 2 unspecified atom stereocenters. The lowest BCUT2D eigenvalue weighted by molar-refractivity contribution is -0.870. The van der Waals surface area contributed by atoms with Gasteiger partial charge in [0.15, 0.2) is 0 Å². The van der Waals surface area contributed by atoms with Gasteiger partial charge in [-0.1, -0.05) is 64.7 Å². The molecule has 0 aromatic heterocycles. The Morgan fingerprint density at radius 1 is 0.968 bits per heavy atom. The molecule has 0 heterocycles. The van der Waals surface area contributed by atoms with E-state index < -0.39 is 13.9 Å². The lowest BCUT2D eigenvalue weighted by Gasteiger charge is -2.25. The number of quaternary nitrogens is 1. The van der Waals surface area contributed by atoms with Gasteiger partial charge >= 0.3 is 7.82 Å². The summed E-state index contributed by atoms with van der Waals surface area (Å²) in [4.78, 5) is 21.2. The molecular weight excluding hydrogens is 419 g/mol. The zero-order valence-electron chi connectivity index (χ0n) is 20.6. The lowest BCUT2D eigenvalue weighted by Crippen LogP contribution is -2.38. The van der Waals surface area contributed by atoms with Crippen molar-refractivity contribution >= 4 is 13.7 Å². The van der Waals surface area contributed by atoms with E-state index in [1.54, 1.807) is 0 Å². The molecule has 2 atom stereocenters. The summed E-state index contributed by atoms with van der Waals surface area (Å²) in [6.45, 7) is 5.08. The van der Waals surface area contributed by atoms with Crippen molar-refractivity contribution in [2.24, 2.45) is 0 Å². The molecule has 31 heavy (non-hydrogen) atoms. The van der Waals surface area contributed by atoms with Gasteiger partial charge < -0.3 is 19.4 Å². The van der Waals surface area contributed by atoms with Crippen molar-refractivity contribution in [2.45, 2.75) is 84.2 Å². The van der Waals surface area contributed by atoms with E-state index in [1.165, 1.54) is 58.3 Å². The van der Waals surface area contributed by atoms with Gasteiger partial charge in [-0.25, -0.2) is 4.57 Å². The number of nitrogens with one attached hydrogen (secondary N) is 1. The molecule has 0 fully saturated rings. The maximum atomic E-state index is 12.2. The predicted molar refractivity (Wildman–Crippen MR) is 125 cm³/mol. The second-order valence-electron chi connectivity index (χ2n) is 9.24. The molecule has 0 aliphatic carbocycles. The zero-order valence-corrected chi connectivity index (χ0v) is 21.5. The smallest absolute Gasteiger partial charge is 0.379 e. The van der Waals surface area contributed by atoms with Crippen LogP contribution in [0.3, 0.4) is 0 Å². The number of unbranched alkanes of at least 4 members (excludes halogenated alkanes) is 9. The topological polar surface area (TPSA) is 94.1 Å². The maximum Gasteiger partial charge on any atom is 0.472 e. The van der Waals surface area contributed by atoms with E-state index in [0.29, 0.717) is 17.6 Å². The van der Waals surface area contributed by atoms with E-state index in [0.717, 1.165) is 12.8 Å². The van der Waals surface area contributed by atoms with E-state index in [4.69, 9.17) is 13.8 Å². The number of phosphoric acid groups is 1. The van der Waals surface area contributed by atoms with Gasteiger partial charge in [-0.2, -0.15) is 0 Å². The van der Waals surface area contributed by atoms with Crippen LogP contribution in [0, 0.1) is 0 Å². The average molecular weight is 468 g/mol. The molecule has 0 aromatic carbocycles. The standard InChI is InChI=1S/C22H47N2O6P/c1-6-7-8-9-10-11-12-13-14-15-17-28-20-22(19-23-21(2)25)30-31(26,27)29-18-16-24(3,4)5/h22H,6-20H2,1-5H3,(H-,23,25,26,27)/p+1. The minimum absolute atomic E-state index is 0.0939. The molecule has 0 saturated heterocycles. The number of likely N-dealkylation sites (N-methyl/N-ethyl adjacent to an activating group) is 1. The number of amides is 1. The Bertz CT molecular complexity index is 499. The van der Waals surface area contributed by atoms with Gasteiger partial charge in [-0.3, -0.25) is 13.8 Å². The summed E-state index contributed by atoms with van der Waals surface area (Å²) in [7, 11) is 1.68. The number of hydrogen-bond acceptors (Lipinski definition) is 5. The van der Waals surface area contributed by atoms with E-state index in [-0.39, 0.29) is 25.7 Å². The first-order valence-electron chi connectivity index (χ1n) is 11.8. The summed E-state index contributed by atoms with van der Waals surface area (Å²) in [6.07, 6.45) is 11.7. The van der Waals surface area contributed by atoms with Crippen molar-refractivity contribution in [3.63, 3.8) is 0 Å². The predicted octanol–water partition coefficient (Wildman–Crippen LogP) is 4.27. The number of hydrogen-bond donors (Lipinski definition) is 2. The molecular formula is C22H48N2O6P+. The molecule has 1 amide bonds. The summed E-state index contributed by atoms with van der Waals surface area (Å²) >= 11 is 0. The molecule has 2 N–H and O–H groups in total. The minimum atomic E-state index is -4.22. The molecule has 0 aliphatic heterocycles. The first-order valence-corrected chi connectivity index (χ1v) is 13.3. The van der Waals surface area contributed by atoms with Gasteiger partial charge in [-0.15, -0.1) is 0 Å². The number of rotatable bonds is 21. The van der Waals surface area contributed by atoms with Gasteiger partial charge in [0.1, 0.15) is 19.3 Å². The van der Waals surface area contributed by atoms with Crippen molar-refractivity contribution in [3.8, 4) is 0 Å². The second kappa shape index (κ2) is 18.0. The highest BCUT2D eigenvalue weighted by molar-refractivity contribution is 7.47. The quantitative estimate of drug-likeness (QED) is 0.149. The number of carbonyl (C=O) groups is 1. The van der Waals surface area contributed by atoms with Crippen LogP contribution in [0.4, 0.5) is 0 Å². The van der Waals surface area contributed by atoms with Crippen molar-refractivity contribution in [1.29, 1.82) is 0 Å². The molecule has 0 aliphatic rings. The molecule has 0 spiro atoms. The molecule has 186 valence electrons. The first-order chi connectivity index (χ1) is 14.6. The second-order valence-corrected chi connectivity index (χ2v) is 10.6. The number of nitrogens with zero attached hydrogens (tertiary/aromatic N) is 1. The van der Waals surface area contributed by atoms with E-state index in [1.807, 2.05) is 21.1 Å².